The van der Waals surface area contributed by atoms with E-state index in [2.05, 4.69) is 5.32 Å². The molecular formula is C11H16N2O3. The highest BCUT2D eigenvalue weighted by atomic mass is 16.5. The summed E-state index contributed by atoms with van der Waals surface area (Å²) in [5.74, 6) is 0.738. The number of aliphatic hydroxyl groups is 1. The second-order valence-corrected chi connectivity index (χ2v) is 3.30. The first kappa shape index (κ1) is 12.3. The number of methoxy groups -OCH3 is 1. The van der Waals surface area contributed by atoms with Crippen LogP contribution in [0.15, 0.2) is 24.3 Å². The second kappa shape index (κ2) is 5.97. The van der Waals surface area contributed by atoms with Crippen LogP contribution in [-0.2, 0) is 0 Å². The number of nitrogens with zero attached hydrogens (tertiary/aromatic N) is 1. The topological polar surface area (TPSA) is 61.8 Å². The van der Waals surface area contributed by atoms with Crippen molar-refractivity contribution in [3.63, 3.8) is 0 Å². The summed E-state index contributed by atoms with van der Waals surface area (Å²) in [6.45, 7) is 0.258. The maximum absolute atomic E-state index is 11.5. The van der Waals surface area contributed by atoms with Crippen molar-refractivity contribution in [1.29, 1.82) is 0 Å². The van der Waals surface area contributed by atoms with Crippen LogP contribution in [0.1, 0.15) is 0 Å². The largest absolute Gasteiger partial charge is 0.497 e. The lowest BCUT2D eigenvalue weighted by atomic mass is 10.3. The number of hydrogen-bond donors (Lipinski definition) is 2. The first-order valence-electron chi connectivity index (χ1n) is 4.94. The van der Waals surface area contributed by atoms with E-state index in [-0.39, 0.29) is 12.6 Å². The van der Waals surface area contributed by atoms with Crippen LogP contribution < -0.4 is 10.1 Å². The Bertz CT molecular complexity index is 338. The lowest BCUT2D eigenvalue weighted by molar-refractivity contribution is 0.202. The van der Waals surface area contributed by atoms with Crippen molar-refractivity contribution in [2.24, 2.45) is 0 Å². The van der Waals surface area contributed by atoms with Gasteiger partial charge >= 0.3 is 6.03 Å². The number of nitrogens with one attached hydrogen (secondary N) is 1. The fourth-order valence-corrected chi connectivity index (χ4v) is 1.14. The predicted octanol–water partition coefficient (Wildman–Crippen LogP) is 1.15. The van der Waals surface area contributed by atoms with Crippen LogP contribution in [0.3, 0.4) is 0 Å². The Morgan fingerprint density at radius 3 is 2.56 bits per heavy atom. The zero-order valence-corrected chi connectivity index (χ0v) is 9.43. The maximum Gasteiger partial charge on any atom is 0.321 e. The van der Waals surface area contributed by atoms with Gasteiger partial charge in [0.05, 0.1) is 13.7 Å². The molecule has 0 radical (unpaired) electrons. The fraction of sp³-hybridized carbons (Fsp3) is 0.364. The lowest BCUT2D eigenvalue weighted by Crippen LogP contribution is -2.33. The average molecular weight is 224 g/mol. The van der Waals surface area contributed by atoms with Crippen LogP contribution in [0.4, 0.5) is 10.5 Å². The number of carbonyl (C=O) groups is 1. The van der Waals surface area contributed by atoms with Crippen molar-refractivity contribution in [3.05, 3.63) is 24.3 Å². The van der Waals surface area contributed by atoms with Gasteiger partial charge in [-0.15, -0.1) is 0 Å². The van der Waals surface area contributed by atoms with Gasteiger partial charge < -0.3 is 20.1 Å². The van der Waals surface area contributed by atoms with E-state index in [4.69, 9.17) is 9.84 Å². The number of likely N-dealkylation sites (N-methyl/N-ethyl adjacent to an activating group) is 1. The summed E-state index contributed by atoms with van der Waals surface area (Å²) in [4.78, 5) is 12.9. The molecule has 0 heterocycles. The molecule has 88 valence electrons. The smallest absolute Gasteiger partial charge is 0.321 e. The molecule has 0 atom stereocenters. The van der Waals surface area contributed by atoms with Crippen molar-refractivity contribution in [2.45, 2.75) is 0 Å². The summed E-state index contributed by atoms with van der Waals surface area (Å²) >= 11 is 0. The first-order chi connectivity index (χ1) is 7.67. The van der Waals surface area contributed by atoms with E-state index in [1.54, 1.807) is 38.4 Å². The Hall–Kier alpha value is -1.75. The minimum absolute atomic E-state index is 0.0491. The zero-order valence-electron chi connectivity index (χ0n) is 9.43. The van der Waals surface area contributed by atoms with Crippen LogP contribution in [0.25, 0.3) is 0 Å². The minimum Gasteiger partial charge on any atom is -0.497 e. The molecule has 0 aromatic heterocycles. The predicted molar refractivity (Wildman–Crippen MR) is 61.7 cm³/mol. The van der Waals surface area contributed by atoms with Gasteiger partial charge in [0.25, 0.3) is 0 Å². The first-order valence-corrected chi connectivity index (χ1v) is 4.94. The van der Waals surface area contributed by atoms with E-state index in [1.807, 2.05) is 0 Å². The molecule has 0 saturated carbocycles. The molecular weight excluding hydrogens is 208 g/mol. The standard InChI is InChI=1S/C11H16N2O3/c1-13(7-8-14)11(15)12-9-3-5-10(16-2)6-4-9/h3-6,14H,7-8H2,1-2H3,(H,12,15). The van der Waals surface area contributed by atoms with Crippen molar-refractivity contribution in [3.8, 4) is 5.75 Å². The monoisotopic (exact) mass is 224 g/mol. The number of rotatable bonds is 4. The van der Waals surface area contributed by atoms with Crippen LogP contribution >= 0.6 is 0 Å². The van der Waals surface area contributed by atoms with E-state index in [1.165, 1.54) is 4.90 Å². The number of anilines is 1. The van der Waals surface area contributed by atoms with Crippen LogP contribution in [0.2, 0.25) is 0 Å². The van der Waals surface area contributed by atoms with Gasteiger partial charge in [0.2, 0.25) is 0 Å². The molecule has 0 fully saturated rings. The Morgan fingerprint density at radius 2 is 2.06 bits per heavy atom. The van der Waals surface area contributed by atoms with Gasteiger partial charge in [-0.25, -0.2) is 4.79 Å². The molecule has 0 aliphatic heterocycles. The van der Waals surface area contributed by atoms with Gasteiger partial charge in [-0.1, -0.05) is 0 Å². The summed E-state index contributed by atoms with van der Waals surface area (Å²) < 4.78 is 5.00. The van der Waals surface area contributed by atoms with E-state index in [0.717, 1.165) is 5.75 Å². The molecule has 2 amide bonds. The van der Waals surface area contributed by atoms with Gasteiger partial charge in [-0.2, -0.15) is 0 Å². The Balaban J connectivity index is 2.55. The SMILES string of the molecule is COc1ccc(NC(=O)N(C)CCO)cc1. The number of amides is 2. The zero-order chi connectivity index (χ0) is 12.0. The van der Waals surface area contributed by atoms with Gasteiger partial charge in [-0.05, 0) is 24.3 Å². The van der Waals surface area contributed by atoms with Gasteiger partial charge in [0, 0.05) is 19.3 Å². The highest BCUT2D eigenvalue weighted by molar-refractivity contribution is 5.89. The van der Waals surface area contributed by atoms with Crippen LogP contribution in [-0.4, -0.2) is 43.3 Å². The minimum atomic E-state index is -0.251. The van der Waals surface area contributed by atoms with Gasteiger partial charge in [-0.3, -0.25) is 0 Å². The molecule has 0 saturated heterocycles. The Kier molecular flexibility index (Phi) is 4.60. The molecule has 0 spiro atoms. The number of benzene rings is 1. The molecule has 1 rings (SSSR count). The number of ether oxygens (including phenoxy) is 1. The molecule has 2 N–H and O–H groups in total. The third-order valence-corrected chi connectivity index (χ3v) is 2.12. The molecule has 0 aliphatic rings. The third-order valence-electron chi connectivity index (χ3n) is 2.12. The molecule has 0 unspecified atom stereocenters. The molecule has 0 bridgehead atoms. The van der Waals surface area contributed by atoms with E-state index >= 15 is 0 Å². The normalized spacial score (nSPS) is 9.69. The number of carbonyl (C=O) groups excluding carboxylic acids is 1. The molecule has 5 nitrogen and oxygen atoms in total. The highest BCUT2D eigenvalue weighted by Gasteiger charge is 2.07. The summed E-state index contributed by atoms with van der Waals surface area (Å²) in [5, 5.41) is 11.4. The molecule has 16 heavy (non-hydrogen) atoms. The average Bonchev–Trinajstić information content (AvgIpc) is 2.30. The number of aliphatic hydroxyl groups excluding tert-OH is 1. The summed E-state index contributed by atoms with van der Waals surface area (Å²) in [6, 6.07) is 6.79. The van der Waals surface area contributed by atoms with E-state index < -0.39 is 0 Å². The van der Waals surface area contributed by atoms with Crippen molar-refractivity contribution >= 4 is 11.7 Å². The lowest BCUT2D eigenvalue weighted by Gasteiger charge is -2.16. The molecule has 0 aliphatic carbocycles. The van der Waals surface area contributed by atoms with Gasteiger partial charge in [0.15, 0.2) is 0 Å². The summed E-state index contributed by atoms with van der Waals surface area (Å²) in [6.07, 6.45) is 0. The summed E-state index contributed by atoms with van der Waals surface area (Å²) in [5.41, 5.74) is 0.690. The highest BCUT2D eigenvalue weighted by Crippen LogP contribution is 2.15. The maximum atomic E-state index is 11.5. The van der Waals surface area contributed by atoms with E-state index in [0.29, 0.717) is 12.2 Å². The quantitative estimate of drug-likeness (QED) is 0.806. The fourth-order valence-electron chi connectivity index (χ4n) is 1.14. The van der Waals surface area contributed by atoms with Crippen molar-refractivity contribution in [1.82, 2.24) is 4.90 Å². The number of hydrogen-bond acceptors (Lipinski definition) is 3. The second-order valence-electron chi connectivity index (χ2n) is 3.30. The molecule has 1 aromatic rings. The van der Waals surface area contributed by atoms with Crippen molar-refractivity contribution in [2.75, 3.05) is 32.6 Å². The number of urea groups is 1. The van der Waals surface area contributed by atoms with Gasteiger partial charge in [0.1, 0.15) is 5.75 Å². The Morgan fingerprint density at radius 1 is 1.44 bits per heavy atom. The van der Waals surface area contributed by atoms with E-state index in [9.17, 15) is 4.79 Å². The molecule has 5 heteroatoms. The van der Waals surface area contributed by atoms with Crippen molar-refractivity contribution < 1.29 is 14.6 Å². The third kappa shape index (κ3) is 3.43. The summed E-state index contributed by atoms with van der Waals surface area (Å²) in [7, 11) is 3.21. The molecule has 1 aromatic carbocycles. The van der Waals surface area contributed by atoms with Crippen LogP contribution in [0.5, 0.6) is 5.75 Å². The Labute approximate surface area is 94.6 Å². The van der Waals surface area contributed by atoms with Crippen LogP contribution in [0, 0.1) is 0 Å².